The highest BCUT2D eigenvalue weighted by Gasteiger charge is 2.16. The maximum absolute atomic E-state index is 5.37. The molecule has 1 fully saturated rings. The molecule has 0 saturated carbocycles. The molecule has 4 nitrogen and oxygen atoms in total. The molecule has 5 heteroatoms. The van der Waals surface area contributed by atoms with Crippen molar-refractivity contribution in [2.24, 2.45) is 0 Å². The lowest BCUT2D eigenvalue weighted by Gasteiger charge is -2.30. The maximum atomic E-state index is 5.37. The Bertz CT molecular complexity index is 858. The summed E-state index contributed by atoms with van der Waals surface area (Å²) in [5, 5.41) is 1.10. The molecule has 1 aliphatic rings. The minimum atomic E-state index is 0.889. The molecule has 0 amide bonds. The Morgan fingerprint density at radius 1 is 1.07 bits per heavy atom. The fourth-order valence-electron chi connectivity index (χ4n) is 3.65. The third kappa shape index (κ3) is 4.60. The first kappa shape index (κ1) is 18.3. The minimum absolute atomic E-state index is 0.889. The second kappa shape index (κ2) is 8.72. The predicted molar refractivity (Wildman–Crippen MR) is 114 cm³/mol. The van der Waals surface area contributed by atoms with E-state index in [9.17, 15) is 0 Å². The summed E-state index contributed by atoms with van der Waals surface area (Å²) in [4.78, 5) is 9.95. The summed E-state index contributed by atoms with van der Waals surface area (Å²) >= 11 is 1.76. The quantitative estimate of drug-likeness (QED) is 0.588. The fourth-order valence-corrected chi connectivity index (χ4v) is 4.67. The van der Waals surface area contributed by atoms with Gasteiger partial charge >= 0.3 is 0 Å². The second-order valence-electron chi connectivity index (χ2n) is 7.14. The van der Waals surface area contributed by atoms with Crippen molar-refractivity contribution in [3.8, 4) is 5.75 Å². The number of ether oxygens (including phenoxy) is 1. The van der Waals surface area contributed by atoms with Crippen LogP contribution in [0.3, 0.4) is 0 Å². The zero-order valence-electron chi connectivity index (χ0n) is 15.9. The molecule has 27 heavy (non-hydrogen) atoms. The zero-order chi connectivity index (χ0) is 18.5. The molecule has 0 spiro atoms. The van der Waals surface area contributed by atoms with Gasteiger partial charge in [-0.15, -0.1) is 0 Å². The molecule has 0 N–H and O–H groups in total. The Morgan fingerprint density at radius 2 is 1.89 bits per heavy atom. The highest BCUT2D eigenvalue weighted by Crippen LogP contribution is 2.32. The van der Waals surface area contributed by atoms with Gasteiger partial charge in [0.2, 0.25) is 0 Å². The van der Waals surface area contributed by atoms with Crippen LogP contribution in [-0.4, -0.2) is 43.2 Å². The van der Waals surface area contributed by atoms with Crippen molar-refractivity contribution in [3.05, 3.63) is 54.1 Å². The average molecular weight is 382 g/mol. The summed E-state index contributed by atoms with van der Waals surface area (Å²) in [7, 11) is 1.71. The molecule has 142 valence electrons. The monoisotopic (exact) mass is 381 g/mol. The number of likely N-dealkylation sites (tertiary alicyclic amines) is 1. The summed E-state index contributed by atoms with van der Waals surface area (Å²) in [6, 6.07) is 16.8. The number of fused-ring (bicyclic) bond motifs is 1. The van der Waals surface area contributed by atoms with Crippen molar-refractivity contribution in [1.82, 2.24) is 9.88 Å². The molecule has 0 aliphatic carbocycles. The average Bonchev–Trinajstić information content (AvgIpc) is 3.15. The normalized spacial score (nSPS) is 15.1. The van der Waals surface area contributed by atoms with Crippen LogP contribution in [0.1, 0.15) is 24.8 Å². The Kier molecular flexibility index (Phi) is 5.90. The van der Waals surface area contributed by atoms with Crippen LogP contribution >= 0.6 is 11.3 Å². The Balaban J connectivity index is 1.55. The summed E-state index contributed by atoms with van der Waals surface area (Å²) < 4.78 is 6.55. The van der Waals surface area contributed by atoms with Gasteiger partial charge in [0.1, 0.15) is 5.75 Å². The molecule has 2 aromatic carbocycles. The van der Waals surface area contributed by atoms with Gasteiger partial charge < -0.3 is 14.5 Å². The number of rotatable bonds is 7. The Labute approximate surface area is 165 Å². The van der Waals surface area contributed by atoms with E-state index in [4.69, 9.17) is 9.72 Å². The number of aromatic nitrogens is 1. The topological polar surface area (TPSA) is 28.6 Å². The molecule has 3 aromatic rings. The summed E-state index contributed by atoms with van der Waals surface area (Å²) in [6.45, 7) is 5.47. The van der Waals surface area contributed by atoms with Crippen LogP contribution in [0.2, 0.25) is 0 Å². The number of hydrogen-bond acceptors (Lipinski definition) is 5. The SMILES string of the molecule is COc1ccc2nc(N(CCN3CCCCC3)Cc3ccccc3)sc2c1. The van der Waals surface area contributed by atoms with Gasteiger partial charge in [0.25, 0.3) is 0 Å². The van der Waals surface area contributed by atoms with Crippen molar-refractivity contribution in [1.29, 1.82) is 0 Å². The molecule has 0 unspecified atom stereocenters. The van der Waals surface area contributed by atoms with Crippen molar-refractivity contribution < 1.29 is 4.74 Å². The lowest BCUT2D eigenvalue weighted by atomic mass is 10.1. The van der Waals surface area contributed by atoms with Gasteiger partial charge in [0.05, 0.1) is 17.3 Å². The van der Waals surface area contributed by atoms with Crippen molar-refractivity contribution in [2.75, 3.05) is 38.2 Å². The van der Waals surface area contributed by atoms with E-state index in [0.29, 0.717) is 0 Å². The molecule has 1 aliphatic heterocycles. The Morgan fingerprint density at radius 3 is 2.67 bits per heavy atom. The van der Waals surface area contributed by atoms with E-state index in [2.05, 4.69) is 52.3 Å². The van der Waals surface area contributed by atoms with Crippen LogP contribution in [0.4, 0.5) is 5.13 Å². The first-order valence-electron chi connectivity index (χ1n) is 9.77. The number of benzene rings is 2. The van der Waals surface area contributed by atoms with E-state index < -0.39 is 0 Å². The van der Waals surface area contributed by atoms with Gasteiger partial charge in [-0.2, -0.15) is 0 Å². The number of methoxy groups -OCH3 is 1. The van der Waals surface area contributed by atoms with Crippen molar-refractivity contribution in [2.45, 2.75) is 25.8 Å². The number of anilines is 1. The molecule has 2 heterocycles. The predicted octanol–water partition coefficient (Wildman–Crippen LogP) is 4.80. The number of hydrogen-bond donors (Lipinski definition) is 0. The largest absolute Gasteiger partial charge is 0.497 e. The molecule has 1 aromatic heterocycles. The van der Waals surface area contributed by atoms with Crippen LogP contribution in [0.25, 0.3) is 10.2 Å². The van der Waals surface area contributed by atoms with Crippen molar-refractivity contribution >= 4 is 26.7 Å². The molecule has 0 bridgehead atoms. The molecule has 0 atom stereocenters. The molecule has 0 radical (unpaired) electrons. The van der Waals surface area contributed by atoms with Gasteiger partial charge in [0, 0.05) is 19.6 Å². The van der Waals surface area contributed by atoms with E-state index in [1.165, 1.54) is 42.6 Å². The van der Waals surface area contributed by atoms with Gasteiger partial charge in [0.15, 0.2) is 5.13 Å². The zero-order valence-corrected chi connectivity index (χ0v) is 16.8. The van der Waals surface area contributed by atoms with Crippen LogP contribution in [0, 0.1) is 0 Å². The minimum Gasteiger partial charge on any atom is -0.497 e. The second-order valence-corrected chi connectivity index (χ2v) is 8.15. The summed E-state index contributed by atoms with van der Waals surface area (Å²) in [5.41, 5.74) is 2.37. The van der Waals surface area contributed by atoms with Crippen LogP contribution < -0.4 is 9.64 Å². The lowest BCUT2D eigenvalue weighted by Crippen LogP contribution is -2.37. The third-order valence-corrected chi connectivity index (χ3v) is 6.28. The van der Waals surface area contributed by atoms with Crippen LogP contribution in [0.15, 0.2) is 48.5 Å². The molecule has 4 rings (SSSR count). The van der Waals surface area contributed by atoms with E-state index in [-0.39, 0.29) is 0 Å². The summed E-state index contributed by atoms with van der Waals surface area (Å²) in [6.07, 6.45) is 4.04. The van der Waals surface area contributed by atoms with Gasteiger partial charge in [-0.3, -0.25) is 0 Å². The first-order valence-corrected chi connectivity index (χ1v) is 10.6. The van der Waals surface area contributed by atoms with E-state index in [1.807, 2.05) is 6.07 Å². The highest BCUT2D eigenvalue weighted by atomic mass is 32.1. The number of thiazole rings is 1. The van der Waals surface area contributed by atoms with E-state index in [0.717, 1.165) is 36.0 Å². The Hall–Kier alpha value is -2.11. The highest BCUT2D eigenvalue weighted by molar-refractivity contribution is 7.22. The van der Waals surface area contributed by atoms with Crippen molar-refractivity contribution in [3.63, 3.8) is 0 Å². The fraction of sp³-hybridized carbons (Fsp3) is 0.409. The van der Waals surface area contributed by atoms with E-state index >= 15 is 0 Å². The van der Waals surface area contributed by atoms with E-state index in [1.54, 1.807) is 18.4 Å². The first-order chi connectivity index (χ1) is 13.3. The third-order valence-electron chi connectivity index (χ3n) is 5.21. The van der Waals surface area contributed by atoms with Crippen LogP contribution in [-0.2, 0) is 6.54 Å². The van der Waals surface area contributed by atoms with Gasteiger partial charge in [-0.05, 0) is 49.7 Å². The van der Waals surface area contributed by atoms with Gasteiger partial charge in [-0.1, -0.05) is 48.1 Å². The molecule has 1 saturated heterocycles. The summed E-state index contributed by atoms with van der Waals surface area (Å²) in [5.74, 6) is 0.889. The number of nitrogens with zero attached hydrogens (tertiary/aromatic N) is 3. The van der Waals surface area contributed by atoms with Gasteiger partial charge in [-0.25, -0.2) is 4.98 Å². The smallest absolute Gasteiger partial charge is 0.186 e. The molecular formula is C22H27N3OS. The lowest BCUT2D eigenvalue weighted by molar-refractivity contribution is 0.233. The standard InChI is InChI=1S/C22H27N3OS/c1-26-19-10-11-20-21(16-19)27-22(23-20)25(17-18-8-4-2-5-9-18)15-14-24-12-6-3-7-13-24/h2,4-5,8-11,16H,3,6-7,12-15,17H2,1H3. The number of piperidine rings is 1. The molecular weight excluding hydrogens is 354 g/mol. The maximum Gasteiger partial charge on any atom is 0.186 e. The van der Waals surface area contributed by atoms with Crippen LogP contribution in [0.5, 0.6) is 5.75 Å².